The smallest absolute Gasteiger partial charge is 0.231 e. The zero-order valence-corrected chi connectivity index (χ0v) is 13.1. The molecule has 20 heavy (non-hydrogen) atoms. The highest BCUT2D eigenvalue weighted by atomic mass is 32.2. The maximum atomic E-state index is 11.5. The van der Waals surface area contributed by atoms with Gasteiger partial charge >= 0.3 is 0 Å². The summed E-state index contributed by atoms with van der Waals surface area (Å²) in [4.78, 5) is 4.43. The highest BCUT2D eigenvalue weighted by Gasteiger charge is 2.33. The maximum Gasteiger partial charge on any atom is 0.231 e. The molecule has 0 saturated carbocycles. The number of hydrogen-bond donors (Lipinski definition) is 1. The van der Waals surface area contributed by atoms with Crippen molar-refractivity contribution < 1.29 is 12.9 Å². The molecule has 0 aliphatic carbocycles. The minimum atomic E-state index is -2.92. The second kappa shape index (κ2) is 6.22. The van der Waals surface area contributed by atoms with Gasteiger partial charge in [0, 0.05) is 12.0 Å². The molecule has 7 heteroatoms. The summed E-state index contributed by atoms with van der Waals surface area (Å²) in [5.41, 5.74) is 0. The van der Waals surface area contributed by atoms with Crippen LogP contribution in [-0.2, 0) is 9.84 Å². The van der Waals surface area contributed by atoms with E-state index in [4.69, 9.17) is 4.52 Å². The minimum absolute atomic E-state index is 0.107. The lowest BCUT2D eigenvalue weighted by atomic mass is 9.99. The molecule has 0 aromatic carbocycles. The van der Waals surface area contributed by atoms with Crippen LogP contribution in [0, 0.1) is 0 Å². The number of likely N-dealkylation sites (N-methyl/N-ethyl adjacent to an activating group) is 1. The number of rotatable bonds is 6. The van der Waals surface area contributed by atoms with E-state index in [9.17, 15) is 8.42 Å². The average molecular weight is 301 g/mol. The molecule has 1 aromatic heterocycles. The molecule has 1 aliphatic rings. The van der Waals surface area contributed by atoms with Gasteiger partial charge in [-0.25, -0.2) is 8.42 Å². The second-order valence-electron chi connectivity index (χ2n) is 5.45. The monoisotopic (exact) mass is 301 g/mol. The van der Waals surface area contributed by atoms with Crippen LogP contribution in [0.3, 0.4) is 0 Å². The van der Waals surface area contributed by atoms with Crippen molar-refractivity contribution in [3.05, 3.63) is 11.7 Å². The minimum Gasteiger partial charge on any atom is -0.339 e. The molecule has 1 saturated heterocycles. The van der Waals surface area contributed by atoms with Crippen molar-refractivity contribution in [3.63, 3.8) is 0 Å². The van der Waals surface area contributed by atoms with E-state index in [1.807, 2.05) is 0 Å². The fourth-order valence-corrected chi connectivity index (χ4v) is 4.44. The van der Waals surface area contributed by atoms with Crippen LogP contribution >= 0.6 is 0 Å². The second-order valence-corrected chi connectivity index (χ2v) is 7.68. The summed E-state index contributed by atoms with van der Waals surface area (Å²) in [7, 11) is -2.92. The summed E-state index contributed by atoms with van der Waals surface area (Å²) in [5.74, 6) is 1.52. The summed E-state index contributed by atoms with van der Waals surface area (Å²) in [6.45, 7) is 7.13. The highest BCUT2D eigenvalue weighted by molar-refractivity contribution is 7.91. The molecule has 1 N–H and O–H groups in total. The van der Waals surface area contributed by atoms with Crippen LogP contribution < -0.4 is 5.32 Å². The molecule has 3 unspecified atom stereocenters. The molecule has 1 aliphatic heterocycles. The first-order valence-electron chi connectivity index (χ1n) is 7.24. The Hall–Kier alpha value is -0.950. The number of sulfone groups is 1. The maximum absolute atomic E-state index is 11.5. The van der Waals surface area contributed by atoms with E-state index in [0.29, 0.717) is 24.2 Å². The Morgan fingerprint density at radius 3 is 2.75 bits per heavy atom. The molecular weight excluding hydrogens is 278 g/mol. The molecule has 0 amide bonds. The normalized spacial score (nSPS) is 24.6. The zero-order valence-electron chi connectivity index (χ0n) is 12.3. The lowest BCUT2D eigenvalue weighted by molar-refractivity contribution is 0.318. The topological polar surface area (TPSA) is 85.1 Å². The van der Waals surface area contributed by atoms with Crippen LogP contribution in [0.1, 0.15) is 57.2 Å². The fourth-order valence-electron chi connectivity index (χ4n) is 2.71. The number of nitrogens with one attached hydrogen (secondary N) is 1. The van der Waals surface area contributed by atoms with Crippen LogP contribution in [0.2, 0.25) is 0 Å². The van der Waals surface area contributed by atoms with Gasteiger partial charge in [-0.1, -0.05) is 25.9 Å². The third kappa shape index (κ3) is 3.38. The molecule has 0 spiro atoms. The van der Waals surface area contributed by atoms with E-state index in [1.165, 1.54) is 0 Å². The summed E-state index contributed by atoms with van der Waals surface area (Å²) < 4.78 is 28.3. The van der Waals surface area contributed by atoms with Gasteiger partial charge in [0.05, 0.1) is 17.4 Å². The number of nitrogens with zero attached hydrogens (tertiary/aromatic N) is 2. The van der Waals surface area contributed by atoms with E-state index >= 15 is 0 Å². The van der Waals surface area contributed by atoms with Crippen molar-refractivity contribution >= 4 is 9.84 Å². The third-order valence-corrected chi connectivity index (χ3v) is 5.72. The molecular formula is C13H23N3O3S. The van der Waals surface area contributed by atoms with Gasteiger partial charge in [-0.2, -0.15) is 4.98 Å². The SMILES string of the molecule is CCNC(CC)C(C)c1nc(C2CCS(=O)(=O)C2)no1. The Labute approximate surface area is 120 Å². The molecule has 1 aromatic rings. The molecule has 0 bridgehead atoms. The summed E-state index contributed by atoms with van der Waals surface area (Å²) in [6, 6.07) is 0.292. The first kappa shape index (κ1) is 15.4. The largest absolute Gasteiger partial charge is 0.339 e. The van der Waals surface area contributed by atoms with Gasteiger partial charge < -0.3 is 9.84 Å². The number of aromatic nitrogens is 2. The Balaban J connectivity index is 2.09. The molecule has 0 radical (unpaired) electrons. The van der Waals surface area contributed by atoms with Crippen molar-refractivity contribution in [1.82, 2.24) is 15.5 Å². The molecule has 2 heterocycles. The Morgan fingerprint density at radius 2 is 2.20 bits per heavy atom. The van der Waals surface area contributed by atoms with Gasteiger partial charge in [-0.15, -0.1) is 0 Å². The summed E-state index contributed by atoms with van der Waals surface area (Å²) in [6.07, 6.45) is 1.57. The lowest BCUT2D eigenvalue weighted by Crippen LogP contribution is -2.33. The number of hydrogen-bond acceptors (Lipinski definition) is 6. The molecule has 6 nitrogen and oxygen atoms in total. The van der Waals surface area contributed by atoms with Crippen molar-refractivity contribution in [1.29, 1.82) is 0 Å². The predicted octanol–water partition coefficient (Wildman–Crippen LogP) is 1.46. The van der Waals surface area contributed by atoms with E-state index in [0.717, 1.165) is 13.0 Å². The van der Waals surface area contributed by atoms with Gasteiger partial charge in [-0.3, -0.25) is 0 Å². The van der Waals surface area contributed by atoms with Crippen LogP contribution in [-0.4, -0.2) is 42.7 Å². The Bertz CT molecular complexity index is 541. The lowest BCUT2D eigenvalue weighted by Gasteiger charge is -2.20. The molecule has 114 valence electrons. The standard InChI is InChI=1S/C13H23N3O3S/c1-4-11(14-5-2)9(3)13-15-12(16-19-13)10-6-7-20(17,18)8-10/h9-11,14H,4-8H2,1-3H3. The first-order chi connectivity index (χ1) is 9.46. The third-order valence-electron chi connectivity index (χ3n) is 3.95. The Kier molecular flexibility index (Phi) is 4.80. The average Bonchev–Trinajstić information content (AvgIpc) is 3.01. The van der Waals surface area contributed by atoms with E-state index in [-0.39, 0.29) is 23.3 Å². The van der Waals surface area contributed by atoms with Gasteiger partial charge in [0.25, 0.3) is 0 Å². The van der Waals surface area contributed by atoms with Crippen LogP contribution in [0.5, 0.6) is 0 Å². The van der Waals surface area contributed by atoms with Gasteiger partial charge in [0.15, 0.2) is 15.7 Å². The van der Waals surface area contributed by atoms with E-state index in [2.05, 4.69) is 36.2 Å². The van der Waals surface area contributed by atoms with Crippen molar-refractivity contribution in [3.8, 4) is 0 Å². The fraction of sp³-hybridized carbons (Fsp3) is 0.846. The Morgan fingerprint density at radius 1 is 1.45 bits per heavy atom. The molecule has 2 rings (SSSR count). The van der Waals surface area contributed by atoms with Gasteiger partial charge in [0.2, 0.25) is 5.89 Å². The van der Waals surface area contributed by atoms with Crippen molar-refractivity contribution in [2.75, 3.05) is 18.1 Å². The van der Waals surface area contributed by atoms with Gasteiger partial charge in [-0.05, 0) is 19.4 Å². The van der Waals surface area contributed by atoms with Crippen LogP contribution in [0.15, 0.2) is 4.52 Å². The molecule has 1 fully saturated rings. The van der Waals surface area contributed by atoms with Crippen LogP contribution in [0.25, 0.3) is 0 Å². The summed E-state index contributed by atoms with van der Waals surface area (Å²) >= 11 is 0. The van der Waals surface area contributed by atoms with E-state index < -0.39 is 9.84 Å². The van der Waals surface area contributed by atoms with Crippen molar-refractivity contribution in [2.45, 2.75) is 51.5 Å². The molecule has 3 atom stereocenters. The van der Waals surface area contributed by atoms with Crippen molar-refractivity contribution in [2.24, 2.45) is 0 Å². The van der Waals surface area contributed by atoms with Gasteiger partial charge in [0.1, 0.15) is 0 Å². The first-order valence-corrected chi connectivity index (χ1v) is 9.06. The highest BCUT2D eigenvalue weighted by Crippen LogP contribution is 2.28. The quantitative estimate of drug-likeness (QED) is 0.856. The summed E-state index contributed by atoms with van der Waals surface area (Å²) in [5, 5.41) is 7.38. The van der Waals surface area contributed by atoms with E-state index in [1.54, 1.807) is 0 Å². The predicted molar refractivity (Wildman–Crippen MR) is 76.5 cm³/mol. The van der Waals surface area contributed by atoms with Crippen LogP contribution in [0.4, 0.5) is 0 Å². The zero-order chi connectivity index (χ0) is 14.8.